The number of nitrogens with one attached hydrogen (secondary N) is 3. The van der Waals surface area contributed by atoms with Crippen molar-refractivity contribution >= 4 is 11.7 Å². The molecule has 2 amide bonds. The highest BCUT2D eigenvalue weighted by atomic mass is 19.1. The van der Waals surface area contributed by atoms with Crippen molar-refractivity contribution < 1.29 is 9.18 Å². The van der Waals surface area contributed by atoms with Crippen LogP contribution in [0.3, 0.4) is 0 Å². The molecule has 0 bridgehead atoms. The number of carbonyl (C=O) groups excluding carboxylic acids is 1. The van der Waals surface area contributed by atoms with Gasteiger partial charge in [0.2, 0.25) is 0 Å². The molecule has 0 saturated carbocycles. The van der Waals surface area contributed by atoms with E-state index < -0.39 is 5.82 Å². The summed E-state index contributed by atoms with van der Waals surface area (Å²) in [5.74, 6) is -0.470. The van der Waals surface area contributed by atoms with E-state index in [0.29, 0.717) is 5.69 Å². The largest absolute Gasteiger partial charge is 0.334 e. The molecule has 2 heterocycles. The highest BCUT2D eigenvalue weighted by molar-refractivity contribution is 5.89. The molecule has 1 saturated heterocycles. The first kappa shape index (κ1) is 11.8. The first-order chi connectivity index (χ1) is 8.24. The lowest BCUT2D eigenvalue weighted by atomic mass is 10.1. The van der Waals surface area contributed by atoms with E-state index in [1.165, 1.54) is 12.3 Å². The first-order valence-corrected chi connectivity index (χ1v) is 5.63. The van der Waals surface area contributed by atoms with Crippen LogP contribution in [0.1, 0.15) is 12.8 Å². The van der Waals surface area contributed by atoms with E-state index in [1.54, 1.807) is 0 Å². The highest BCUT2D eigenvalue weighted by Gasteiger charge is 2.15. The van der Waals surface area contributed by atoms with Crippen LogP contribution >= 0.6 is 0 Å². The number of hydrogen-bond donors (Lipinski definition) is 3. The average molecular weight is 238 g/mol. The number of halogens is 1. The van der Waals surface area contributed by atoms with Gasteiger partial charge in [-0.3, -0.25) is 4.98 Å². The van der Waals surface area contributed by atoms with Crippen LogP contribution in [-0.2, 0) is 0 Å². The molecular formula is C11H15FN4O. The Morgan fingerprint density at radius 2 is 2.41 bits per heavy atom. The molecule has 0 unspecified atom stereocenters. The summed E-state index contributed by atoms with van der Waals surface area (Å²) in [7, 11) is 0. The first-order valence-electron chi connectivity index (χ1n) is 5.63. The van der Waals surface area contributed by atoms with Crippen LogP contribution in [0, 0.1) is 5.82 Å². The molecule has 1 aromatic heterocycles. The Labute approximate surface area is 98.8 Å². The van der Waals surface area contributed by atoms with Gasteiger partial charge in [0, 0.05) is 18.7 Å². The maximum atomic E-state index is 12.8. The molecule has 1 aromatic rings. The number of aromatic nitrogens is 1. The zero-order chi connectivity index (χ0) is 12.1. The summed E-state index contributed by atoms with van der Waals surface area (Å²) in [6, 6.07) is 1.03. The maximum Gasteiger partial charge on any atom is 0.319 e. The van der Waals surface area contributed by atoms with E-state index in [4.69, 9.17) is 0 Å². The smallest absolute Gasteiger partial charge is 0.319 e. The monoisotopic (exact) mass is 238 g/mol. The molecular weight excluding hydrogens is 223 g/mol. The Bertz CT molecular complexity index is 393. The van der Waals surface area contributed by atoms with Crippen molar-refractivity contribution in [3.05, 3.63) is 24.3 Å². The topological polar surface area (TPSA) is 66.0 Å². The van der Waals surface area contributed by atoms with E-state index >= 15 is 0 Å². The Hall–Kier alpha value is -1.69. The molecule has 1 aliphatic heterocycles. The third-order valence-corrected chi connectivity index (χ3v) is 2.59. The summed E-state index contributed by atoms with van der Waals surface area (Å²) in [6.07, 6.45) is 4.50. The van der Waals surface area contributed by atoms with Gasteiger partial charge < -0.3 is 16.0 Å². The molecule has 0 aliphatic carbocycles. The van der Waals surface area contributed by atoms with Crippen LogP contribution in [0.15, 0.2) is 18.5 Å². The van der Waals surface area contributed by atoms with Gasteiger partial charge in [-0.2, -0.15) is 0 Å². The van der Waals surface area contributed by atoms with Crippen LogP contribution in [0.4, 0.5) is 14.9 Å². The molecule has 2 rings (SSSR count). The number of anilines is 1. The zero-order valence-electron chi connectivity index (χ0n) is 9.37. The fraction of sp³-hybridized carbons (Fsp3) is 0.455. The minimum Gasteiger partial charge on any atom is -0.334 e. The lowest BCUT2D eigenvalue weighted by molar-refractivity contribution is 0.245. The van der Waals surface area contributed by atoms with E-state index in [-0.39, 0.29) is 12.1 Å². The quantitative estimate of drug-likeness (QED) is 0.722. The summed E-state index contributed by atoms with van der Waals surface area (Å²) in [4.78, 5) is 15.2. The predicted octanol–water partition coefficient (Wildman–Crippen LogP) is 1.09. The fourth-order valence-electron chi connectivity index (χ4n) is 1.81. The molecule has 17 heavy (non-hydrogen) atoms. The van der Waals surface area contributed by atoms with Crippen molar-refractivity contribution in [2.45, 2.75) is 18.9 Å². The SMILES string of the molecule is O=C(Nc1cncc(F)c1)N[C@H]1CCCNC1. The zero-order valence-corrected chi connectivity index (χ0v) is 9.37. The van der Waals surface area contributed by atoms with Crippen LogP contribution < -0.4 is 16.0 Å². The van der Waals surface area contributed by atoms with Crippen molar-refractivity contribution in [3.63, 3.8) is 0 Å². The minimum atomic E-state index is -0.470. The number of urea groups is 1. The van der Waals surface area contributed by atoms with Crippen LogP contribution in [0.2, 0.25) is 0 Å². The van der Waals surface area contributed by atoms with Crippen molar-refractivity contribution in [1.82, 2.24) is 15.6 Å². The normalized spacial score (nSPS) is 19.7. The van der Waals surface area contributed by atoms with E-state index in [9.17, 15) is 9.18 Å². The lowest BCUT2D eigenvalue weighted by Gasteiger charge is -2.23. The molecule has 1 aliphatic rings. The standard InChI is InChI=1S/C11H15FN4O/c12-8-4-10(7-14-5-8)16-11(17)15-9-2-1-3-13-6-9/h4-5,7,9,13H,1-3,6H2,(H2,15,16,17)/t9-/m0/s1. The molecule has 0 spiro atoms. The van der Waals surface area contributed by atoms with Crippen molar-refractivity contribution in [1.29, 1.82) is 0 Å². The van der Waals surface area contributed by atoms with E-state index in [0.717, 1.165) is 32.1 Å². The Morgan fingerprint density at radius 3 is 3.12 bits per heavy atom. The van der Waals surface area contributed by atoms with Gasteiger partial charge in [0.25, 0.3) is 0 Å². The second-order valence-electron chi connectivity index (χ2n) is 4.03. The number of amides is 2. The Morgan fingerprint density at radius 1 is 1.53 bits per heavy atom. The summed E-state index contributed by atoms with van der Waals surface area (Å²) < 4.78 is 12.8. The molecule has 0 radical (unpaired) electrons. The third kappa shape index (κ3) is 3.67. The molecule has 6 heteroatoms. The number of rotatable bonds is 2. The van der Waals surface area contributed by atoms with Crippen molar-refractivity contribution in [2.75, 3.05) is 18.4 Å². The average Bonchev–Trinajstić information content (AvgIpc) is 2.30. The number of carbonyl (C=O) groups is 1. The molecule has 0 aromatic carbocycles. The minimum absolute atomic E-state index is 0.130. The molecule has 92 valence electrons. The molecule has 5 nitrogen and oxygen atoms in total. The predicted molar refractivity (Wildman–Crippen MR) is 62.2 cm³/mol. The van der Waals surface area contributed by atoms with Gasteiger partial charge in [-0.05, 0) is 19.4 Å². The maximum absolute atomic E-state index is 12.8. The van der Waals surface area contributed by atoms with E-state index in [2.05, 4.69) is 20.9 Å². The van der Waals surface area contributed by atoms with Crippen molar-refractivity contribution in [2.24, 2.45) is 0 Å². The van der Waals surface area contributed by atoms with Gasteiger partial charge in [-0.15, -0.1) is 0 Å². The number of piperidine rings is 1. The second kappa shape index (κ2) is 5.58. The summed E-state index contributed by atoms with van der Waals surface area (Å²) in [5.41, 5.74) is 0.353. The third-order valence-electron chi connectivity index (χ3n) is 2.59. The van der Waals surface area contributed by atoms with Crippen LogP contribution in [0.5, 0.6) is 0 Å². The second-order valence-corrected chi connectivity index (χ2v) is 4.03. The van der Waals surface area contributed by atoms with Gasteiger partial charge in [0.05, 0.1) is 18.1 Å². The highest BCUT2D eigenvalue weighted by Crippen LogP contribution is 2.07. The Kier molecular flexibility index (Phi) is 3.87. The van der Waals surface area contributed by atoms with Gasteiger partial charge >= 0.3 is 6.03 Å². The molecule has 1 atom stereocenters. The number of nitrogens with zero attached hydrogens (tertiary/aromatic N) is 1. The van der Waals surface area contributed by atoms with E-state index in [1.807, 2.05) is 0 Å². The fourth-order valence-corrected chi connectivity index (χ4v) is 1.81. The van der Waals surface area contributed by atoms with Crippen LogP contribution in [0.25, 0.3) is 0 Å². The number of hydrogen-bond acceptors (Lipinski definition) is 3. The lowest BCUT2D eigenvalue weighted by Crippen LogP contribution is -2.47. The van der Waals surface area contributed by atoms with Gasteiger partial charge in [-0.25, -0.2) is 9.18 Å². The number of pyridine rings is 1. The van der Waals surface area contributed by atoms with Gasteiger partial charge in [0.1, 0.15) is 5.82 Å². The van der Waals surface area contributed by atoms with Gasteiger partial charge in [0.15, 0.2) is 0 Å². The molecule has 1 fully saturated rings. The summed E-state index contributed by atoms with van der Waals surface area (Å²) in [5, 5.41) is 8.57. The van der Waals surface area contributed by atoms with Gasteiger partial charge in [-0.1, -0.05) is 0 Å². The molecule has 3 N–H and O–H groups in total. The Balaban J connectivity index is 1.84. The van der Waals surface area contributed by atoms with Crippen molar-refractivity contribution in [3.8, 4) is 0 Å². The summed E-state index contributed by atoms with van der Waals surface area (Å²) >= 11 is 0. The summed E-state index contributed by atoms with van der Waals surface area (Å²) in [6.45, 7) is 1.77. The van der Waals surface area contributed by atoms with Crippen LogP contribution in [-0.4, -0.2) is 30.1 Å².